The van der Waals surface area contributed by atoms with Crippen LogP contribution in [0.3, 0.4) is 0 Å². The van der Waals surface area contributed by atoms with Crippen LogP contribution >= 0.6 is 15.9 Å². The molecule has 2 aliphatic rings. The van der Waals surface area contributed by atoms with Crippen molar-refractivity contribution in [1.29, 1.82) is 0 Å². The fraction of sp³-hybridized carbons (Fsp3) is 0.462. The molecule has 2 aliphatic heterocycles. The van der Waals surface area contributed by atoms with Gasteiger partial charge in [0, 0.05) is 30.7 Å². The zero-order valence-electron chi connectivity index (χ0n) is 9.83. The normalized spacial score (nSPS) is 26.4. The summed E-state index contributed by atoms with van der Waals surface area (Å²) in [5, 5.41) is 3.34. The first-order valence-electron chi connectivity index (χ1n) is 6.10. The Morgan fingerprint density at radius 2 is 2.00 bits per heavy atom. The van der Waals surface area contributed by atoms with Gasteiger partial charge in [-0.15, -0.1) is 0 Å². The summed E-state index contributed by atoms with van der Waals surface area (Å²) in [5.41, 5.74) is 0.419. The van der Waals surface area contributed by atoms with Crippen LogP contribution in [-0.2, 0) is 0 Å². The lowest BCUT2D eigenvalue weighted by Gasteiger charge is -2.18. The lowest BCUT2D eigenvalue weighted by atomic mass is 10.0. The Labute approximate surface area is 113 Å². The van der Waals surface area contributed by atoms with Crippen molar-refractivity contribution in [3.8, 4) is 0 Å². The van der Waals surface area contributed by atoms with Crippen molar-refractivity contribution in [2.45, 2.75) is 0 Å². The molecule has 0 saturated carbocycles. The van der Waals surface area contributed by atoms with Crippen molar-refractivity contribution in [2.24, 2.45) is 11.8 Å². The van der Waals surface area contributed by atoms with Crippen LogP contribution in [0.25, 0.3) is 0 Å². The Morgan fingerprint density at radius 3 is 2.67 bits per heavy atom. The van der Waals surface area contributed by atoms with E-state index in [9.17, 15) is 9.18 Å². The number of carbonyl (C=O) groups is 1. The number of rotatable bonds is 1. The minimum absolute atomic E-state index is 0.0734. The van der Waals surface area contributed by atoms with E-state index in [-0.39, 0.29) is 11.7 Å². The quantitative estimate of drug-likeness (QED) is 0.859. The number of nitrogens with one attached hydrogen (secondary N) is 1. The molecule has 96 valence electrons. The lowest BCUT2D eigenvalue weighted by molar-refractivity contribution is 0.0780. The highest BCUT2D eigenvalue weighted by Crippen LogP contribution is 2.29. The number of halogens is 2. The van der Waals surface area contributed by atoms with Crippen molar-refractivity contribution in [3.05, 3.63) is 34.1 Å². The molecule has 1 aromatic rings. The summed E-state index contributed by atoms with van der Waals surface area (Å²) >= 11 is 3.31. The van der Waals surface area contributed by atoms with E-state index in [2.05, 4.69) is 21.2 Å². The monoisotopic (exact) mass is 312 g/mol. The second-order valence-corrected chi connectivity index (χ2v) is 5.87. The molecule has 2 fully saturated rings. The van der Waals surface area contributed by atoms with Gasteiger partial charge in [0.25, 0.3) is 5.91 Å². The van der Waals surface area contributed by atoms with Crippen LogP contribution in [0, 0.1) is 17.7 Å². The predicted molar refractivity (Wildman–Crippen MR) is 69.9 cm³/mol. The third-order valence-corrected chi connectivity index (χ3v) is 4.53. The van der Waals surface area contributed by atoms with E-state index in [0.29, 0.717) is 21.9 Å². The number of nitrogens with zero attached hydrogens (tertiary/aromatic N) is 1. The first-order chi connectivity index (χ1) is 8.65. The molecule has 0 radical (unpaired) electrons. The van der Waals surface area contributed by atoms with Gasteiger partial charge >= 0.3 is 0 Å². The Kier molecular flexibility index (Phi) is 3.11. The Morgan fingerprint density at radius 1 is 1.33 bits per heavy atom. The highest BCUT2D eigenvalue weighted by molar-refractivity contribution is 9.10. The molecule has 2 heterocycles. The molecule has 0 aromatic heterocycles. The highest BCUT2D eigenvalue weighted by Gasteiger charge is 2.38. The molecule has 3 nitrogen and oxygen atoms in total. The highest BCUT2D eigenvalue weighted by atomic mass is 79.9. The number of hydrogen-bond acceptors (Lipinski definition) is 2. The van der Waals surface area contributed by atoms with Crippen LogP contribution in [0.15, 0.2) is 22.7 Å². The molecule has 5 heteroatoms. The van der Waals surface area contributed by atoms with Gasteiger partial charge < -0.3 is 10.2 Å². The summed E-state index contributed by atoms with van der Waals surface area (Å²) in [6.07, 6.45) is 0. The lowest BCUT2D eigenvalue weighted by Crippen LogP contribution is -2.32. The zero-order chi connectivity index (χ0) is 12.7. The maximum atomic E-state index is 13.2. The smallest absolute Gasteiger partial charge is 0.255 e. The summed E-state index contributed by atoms with van der Waals surface area (Å²) in [4.78, 5) is 14.2. The molecule has 3 rings (SSSR count). The van der Waals surface area contributed by atoms with Gasteiger partial charge in [-0.25, -0.2) is 4.39 Å². The average Bonchev–Trinajstić information content (AvgIpc) is 2.91. The standard InChI is InChI=1S/C13H14BrFN2O/c14-12-2-1-10(15)3-11(12)13(18)17-6-8-4-16-5-9(8)7-17/h1-3,8-9,16H,4-7H2. The summed E-state index contributed by atoms with van der Waals surface area (Å²) < 4.78 is 13.9. The molecule has 1 N–H and O–H groups in total. The number of hydrogen-bond donors (Lipinski definition) is 1. The van der Waals surface area contributed by atoms with Crippen LogP contribution in [0.5, 0.6) is 0 Å². The maximum absolute atomic E-state index is 13.2. The second kappa shape index (κ2) is 4.63. The van der Waals surface area contributed by atoms with Gasteiger partial charge in [-0.3, -0.25) is 4.79 Å². The molecule has 2 saturated heterocycles. The number of carbonyl (C=O) groups excluding carboxylic acids is 1. The molecule has 18 heavy (non-hydrogen) atoms. The molecule has 0 bridgehead atoms. The topological polar surface area (TPSA) is 32.3 Å². The third-order valence-electron chi connectivity index (χ3n) is 3.84. The Bertz CT molecular complexity index is 482. The Hall–Kier alpha value is -0.940. The fourth-order valence-corrected chi connectivity index (χ4v) is 3.27. The van der Waals surface area contributed by atoms with Gasteiger partial charge in [-0.1, -0.05) is 0 Å². The van der Waals surface area contributed by atoms with Crippen LogP contribution < -0.4 is 5.32 Å². The van der Waals surface area contributed by atoms with Gasteiger partial charge in [0.15, 0.2) is 0 Å². The largest absolute Gasteiger partial charge is 0.338 e. The van der Waals surface area contributed by atoms with Crippen molar-refractivity contribution < 1.29 is 9.18 Å². The van der Waals surface area contributed by atoms with E-state index in [1.54, 1.807) is 6.07 Å². The van der Waals surface area contributed by atoms with E-state index in [0.717, 1.165) is 26.2 Å². The van der Waals surface area contributed by atoms with E-state index >= 15 is 0 Å². The van der Waals surface area contributed by atoms with Crippen molar-refractivity contribution in [2.75, 3.05) is 26.2 Å². The van der Waals surface area contributed by atoms with Crippen molar-refractivity contribution in [3.63, 3.8) is 0 Å². The molecular formula is C13H14BrFN2O. The van der Waals surface area contributed by atoms with E-state index in [1.165, 1.54) is 12.1 Å². The molecule has 0 spiro atoms. The minimum atomic E-state index is -0.373. The van der Waals surface area contributed by atoms with E-state index in [4.69, 9.17) is 0 Å². The first kappa shape index (κ1) is 12.1. The summed E-state index contributed by atoms with van der Waals surface area (Å²) in [6, 6.07) is 4.24. The zero-order valence-corrected chi connectivity index (χ0v) is 11.4. The molecule has 1 aromatic carbocycles. The number of likely N-dealkylation sites (tertiary alicyclic amines) is 1. The number of benzene rings is 1. The average molecular weight is 313 g/mol. The van der Waals surface area contributed by atoms with Crippen molar-refractivity contribution >= 4 is 21.8 Å². The number of fused-ring (bicyclic) bond motifs is 1. The molecule has 2 atom stereocenters. The van der Waals surface area contributed by atoms with Crippen LogP contribution in [0.4, 0.5) is 4.39 Å². The summed E-state index contributed by atoms with van der Waals surface area (Å²) in [7, 11) is 0. The van der Waals surface area contributed by atoms with Gasteiger partial charge in [-0.05, 0) is 46.0 Å². The Balaban J connectivity index is 1.81. The molecule has 0 aliphatic carbocycles. The van der Waals surface area contributed by atoms with Gasteiger partial charge in [0.2, 0.25) is 0 Å². The van der Waals surface area contributed by atoms with Gasteiger partial charge in [-0.2, -0.15) is 0 Å². The third kappa shape index (κ3) is 2.06. The van der Waals surface area contributed by atoms with Crippen LogP contribution in [0.1, 0.15) is 10.4 Å². The minimum Gasteiger partial charge on any atom is -0.338 e. The first-order valence-corrected chi connectivity index (χ1v) is 6.89. The van der Waals surface area contributed by atoms with E-state index < -0.39 is 0 Å². The number of amides is 1. The molecular weight excluding hydrogens is 299 g/mol. The predicted octanol–water partition coefficient (Wildman–Crippen LogP) is 1.88. The van der Waals surface area contributed by atoms with Gasteiger partial charge in [0.05, 0.1) is 5.56 Å². The molecule has 1 amide bonds. The maximum Gasteiger partial charge on any atom is 0.255 e. The summed E-state index contributed by atoms with van der Waals surface area (Å²) in [5.74, 6) is 0.668. The molecule has 2 unspecified atom stereocenters. The van der Waals surface area contributed by atoms with Crippen LogP contribution in [-0.4, -0.2) is 37.0 Å². The van der Waals surface area contributed by atoms with Crippen LogP contribution in [0.2, 0.25) is 0 Å². The van der Waals surface area contributed by atoms with Gasteiger partial charge in [0.1, 0.15) is 5.82 Å². The summed E-state index contributed by atoms with van der Waals surface area (Å²) in [6.45, 7) is 3.52. The SMILES string of the molecule is O=C(c1cc(F)ccc1Br)N1CC2CNCC2C1. The fourth-order valence-electron chi connectivity index (χ4n) is 2.85. The second-order valence-electron chi connectivity index (χ2n) is 5.01. The van der Waals surface area contributed by atoms with E-state index in [1.807, 2.05) is 4.90 Å². The van der Waals surface area contributed by atoms with Crippen molar-refractivity contribution in [1.82, 2.24) is 10.2 Å².